The fourth-order valence-electron chi connectivity index (χ4n) is 2.01. The van der Waals surface area contributed by atoms with Crippen molar-refractivity contribution in [2.75, 3.05) is 13.2 Å². The normalized spacial score (nSPS) is 12.3. The molecule has 0 saturated carbocycles. The molecular weight excluding hydrogens is 290 g/mol. The van der Waals surface area contributed by atoms with Crippen LogP contribution in [0.25, 0.3) is 0 Å². The number of hydrogen-bond acceptors (Lipinski definition) is 3. The van der Waals surface area contributed by atoms with E-state index >= 15 is 0 Å². The number of benzene rings is 1. The van der Waals surface area contributed by atoms with Crippen LogP contribution in [0.3, 0.4) is 0 Å². The Morgan fingerprint density at radius 3 is 2.70 bits per heavy atom. The van der Waals surface area contributed by atoms with Gasteiger partial charge in [0.05, 0.1) is 11.6 Å². The lowest BCUT2D eigenvalue weighted by Crippen LogP contribution is -2.23. The van der Waals surface area contributed by atoms with Crippen molar-refractivity contribution in [3.05, 3.63) is 51.7 Å². The molecule has 1 heterocycles. The van der Waals surface area contributed by atoms with Crippen molar-refractivity contribution in [3.63, 3.8) is 0 Å². The van der Waals surface area contributed by atoms with Crippen molar-refractivity contribution < 1.29 is 4.74 Å². The molecule has 0 radical (unpaired) electrons. The summed E-state index contributed by atoms with van der Waals surface area (Å²) in [5.41, 5.74) is 0. The molecule has 0 aliphatic carbocycles. The van der Waals surface area contributed by atoms with Gasteiger partial charge in [-0.25, -0.2) is 0 Å². The molecule has 0 saturated heterocycles. The predicted molar refractivity (Wildman–Crippen MR) is 86.9 cm³/mol. The van der Waals surface area contributed by atoms with E-state index in [4.69, 9.17) is 16.3 Å². The number of hydrogen-bond donors (Lipinski definition) is 1. The van der Waals surface area contributed by atoms with Crippen LogP contribution in [0.5, 0.6) is 5.75 Å². The molecule has 2 nitrogen and oxygen atoms in total. The molecule has 0 fully saturated rings. The molecule has 20 heavy (non-hydrogen) atoms. The lowest BCUT2D eigenvalue weighted by molar-refractivity contribution is 0.287. The third-order valence-corrected chi connectivity index (χ3v) is 4.49. The van der Waals surface area contributed by atoms with Gasteiger partial charge >= 0.3 is 0 Å². The minimum absolute atomic E-state index is 0.270. The van der Waals surface area contributed by atoms with Gasteiger partial charge in [-0.3, -0.25) is 0 Å². The second-order valence-electron chi connectivity index (χ2n) is 4.59. The summed E-state index contributed by atoms with van der Waals surface area (Å²) in [4.78, 5) is 1.21. The van der Waals surface area contributed by atoms with Crippen LogP contribution in [0, 0.1) is 0 Å². The fourth-order valence-corrected chi connectivity index (χ4v) is 3.31. The second-order valence-corrected chi connectivity index (χ2v) is 5.94. The van der Waals surface area contributed by atoms with Crippen molar-refractivity contribution in [2.45, 2.75) is 25.8 Å². The van der Waals surface area contributed by atoms with Crippen LogP contribution in [0.1, 0.15) is 30.7 Å². The lowest BCUT2D eigenvalue weighted by atomic mass is 10.1. The van der Waals surface area contributed by atoms with E-state index in [2.05, 4.69) is 12.2 Å². The lowest BCUT2D eigenvalue weighted by Gasteiger charge is -2.18. The fraction of sp³-hybridized carbons (Fsp3) is 0.375. The molecule has 0 bridgehead atoms. The first-order chi connectivity index (χ1) is 9.81. The Bertz CT molecular complexity index is 500. The van der Waals surface area contributed by atoms with Gasteiger partial charge in [0.15, 0.2) is 0 Å². The summed E-state index contributed by atoms with van der Waals surface area (Å²) in [5.74, 6) is 0.916. The minimum atomic E-state index is 0.270. The summed E-state index contributed by atoms with van der Waals surface area (Å²) < 4.78 is 5.78. The molecule has 108 valence electrons. The zero-order chi connectivity index (χ0) is 14.2. The standard InChI is InChI=1S/C16H20ClNOS/c1-2-10-18-15(16-14(17)9-12-20-16)8-11-19-13-6-4-3-5-7-13/h3-7,9,12,15,18H,2,8,10-11H2,1H3. The number of halogens is 1. The Balaban J connectivity index is 1.89. The summed E-state index contributed by atoms with van der Waals surface area (Å²) in [6.45, 7) is 3.84. The van der Waals surface area contributed by atoms with Gasteiger partial charge in [-0.05, 0) is 36.5 Å². The van der Waals surface area contributed by atoms with Crippen molar-refractivity contribution in [3.8, 4) is 5.75 Å². The third-order valence-electron chi connectivity index (χ3n) is 3.02. The molecule has 0 amide bonds. The van der Waals surface area contributed by atoms with E-state index in [1.54, 1.807) is 11.3 Å². The molecule has 1 aromatic heterocycles. The Hall–Kier alpha value is -1.03. The van der Waals surface area contributed by atoms with E-state index in [1.807, 2.05) is 41.8 Å². The number of nitrogens with one attached hydrogen (secondary N) is 1. The first-order valence-corrected chi connectivity index (χ1v) is 8.21. The Morgan fingerprint density at radius 2 is 2.05 bits per heavy atom. The van der Waals surface area contributed by atoms with E-state index in [-0.39, 0.29) is 6.04 Å². The first-order valence-electron chi connectivity index (χ1n) is 6.95. The molecule has 0 aliphatic heterocycles. The van der Waals surface area contributed by atoms with Crippen LogP contribution in [0.2, 0.25) is 5.02 Å². The summed E-state index contributed by atoms with van der Waals surface area (Å²) in [7, 11) is 0. The zero-order valence-corrected chi connectivity index (χ0v) is 13.2. The average Bonchev–Trinajstić information content (AvgIpc) is 2.90. The summed E-state index contributed by atoms with van der Waals surface area (Å²) in [6, 6.07) is 12.1. The summed E-state index contributed by atoms with van der Waals surface area (Å²) in [6.07, 6.45) is 2.02. The molecular formula is C16H20ClNOS. The van der Waals surface area contributed by atoms with Crippen molar-refractivity contribution in [2.24, 2.45) is 0 Å². The van der Waals surface area contributed by atoms with Gasteiger partial charge in [-0.15, -0.1) is 11.3 Å². The zero-order valence-electron chi connectivity index (χ0n) is 11.6. The predicted octanol–water partition coefficient (Wildman–Crippen LogP) is 4.91. The molecule has 2 rings (SSSR count). The van der Waals surface area contributed by atoms with Gasteiger partial charge < -0.3 is 10.1 Å². The topological polar surface area (TPSA) is 21.3 Å². The first kappa shape index (κ1) is 15.4. The van der Waals surface area contributed by atoms with Gasteiger partial charge in [0, 0.05) is 17.3 Å². The van der Waals surface area contributed by atoms with Crippen molar-refractivity contribution >= 4 is 22.9 Å². The van der Waals surface area contributed by atoms with Crippen molar-refractivity contribution in [1.82, 2.24) is 5.32 Å². The highest BCUT2D eigenvalue weighted by atomic mass is 35.5. The smallest absolute Gasteiger partial charge is 0.119 e. The van der Waals surface area contributed by atoms with Gasteiger partial charge in [0.1, 0.15) is 5.75 Å². The maximum atomic E-state index is 6.24. The van der Waals surface area contributed by atoms with Crippen LogP contribution < -0.4 is 10.1 Å². The minimum Gasteiger partial charge on any atom is -0.494 e. The Labute approximate surface area is 129 Å². The van der Waals surface area contributed by atoms with Gasteiger partial charge in [-0.2, -0.15) is 0 Å². The molecule has 1 unspecified atom stereocenters. The van der Waals surface area contributed by atoms with Crippen molar-refractivity contribution in [1.29, 1.82) is 0 Å². The van der Waals surface area contributed by atoms with E-state index in [0.29, 0.717) is 6.61 Å². The van der Waals surface area contributed by atoms with Crippen LogP contribution in [-0.2, 0) is 0 Å². The van der Waals surface area contributed by atoms with Crippen LogP contribution in [0.4, 0.5) is 0 Å². The number of thiophene rings is 1. The molecule has 0 spiro atoms. The second kappa shape index (κ2) is 8.30. The third kappa shape index (κ3) is 4.51. The largest absolute Gasteiger partial charge is 0.494 e. The van der Waals surface area contributed by atoms with Gasteiger partial charge in [0.25, 0.3) is 0 Å². The SMILES string of the molecule is CCCNC(CCOc1ccccc1)c1sccc1Cl. The molecule has 0 aliphatic rings. The van der Waals surface area contributed by atoms with Gasteiger partial charge in [0.2, 0.25) is 0 Å². The number of ether oxygens (including phenoxy) is 1. The molecule has 1 atom stereocenters. The van der Waals surface area contributed by atoms with E-state index in [0.717, 1.165) is 30.2 Å². The summed E-state index contributed by atoms with van der Waals surface area (Å²) >= 11 is 7.94. The Kier molecular flexibility index (Phi) is 6.37. The van der Waals surface area contributed by atoms with Crippen LogP contribution in [-0.4, -0.2) is 13.2 Å². The van der Waals surface area contributed by atoms with Gasteiger partial charge in [-0.1, -0.05) is 36.7 Å². The molecule has 1 aromatic carbocycles. The quantitative estimate of drug-likeness (QED) is 0.748. The average molecular weight is 310 g/mol. The highest BCUT2D eigenvalue weighted by Crippen LogP contribution is 2.30. The summed E-state index contributed by atoms with van der Waals surface area (Å²) in [5, 5.41) is 6.43. The Morgan fingerprint density at radius 1 is 1.25 bits per heavy atom. The highest BCUT2D eigenvalue weighted by Gasteiger charge is 2.15. The maximum absolute atomic E-state index is 6.24. The van der Waals surface area contributed by atoms with E-state index < -0.39 is 0 Å². The number of rotatable bonds is 8. The molecule has 2 aromatic rings. The van der Waals surface area contributed by atoms with E-state index in [9.17, 15) is 0 Å². The van der Waals surface area contributed by atoms with E-state index in [1.165, 1.54) is 4.88 Å². The van der Waals surface area contributed by atoms with Crippen LogP contribution >= 0.6 is 22.9 Å². The molecule has 4 heteroatoms. The highest BCUT2D eigenvalue weighted by molar-refractivity contribution is 7.10. The molecule has 1 N–H and O–H groups in total. The number of para-hydroxylation sites is 1. The van der Waals surface area contributed by atoms with Crippen LogP contribution in [0.15, 0.2) is 41.8 Å². The maximum Gasteiger partial charge on any atom is 0.119 e. The monoisotopic (exact) mass is 309 g/mol.